The summed E-state index contributed by atoms with van der Waals surface area (Å²) < 4.78 is 39.9. The fourth-order valence-electron chi connectivity index (χ4n) is 6.60. The maximum absolute atomic E-state index is 13.3. The lowest BCUT2D eigenvalue weighted by atomic mass is 10.0. The van der Waals surface area contributed by atoms with Crippen molar-refractivity contribution in [3.8, 4) is 11.1 Å². The standard InChI is InChI=1S/C43H32F3NSi/c44-43(45,46)35-25-29-38(30-26-35)47(36-13-5-1-6-14-36)37-27-21-33(22-28-37)34-23-31-42(32-24-34)48(39-15-7-2-8-16-39,40-17-9-3-10-18-40)41-19-11-4-12-20-41/h1-32H. The molecule has 1 nitrogen and oxygen atoms in total. The Morgan fingerprint density at radius 2 is 0.646 bits per heavy atom. The monoisotopic (exact) mass is 647 g/mol. The molecule has 0 fully saturated rings. The fraction of sp³-hybridized carbons (Fsp3) is 0.0233. The highest BCUT2D eigenvalue weighted by Gasteiger charge is 2.41. The quantitative estimate of drug-likeness (QED) is 0.117. The van der Waals surface area contributed by atoms with Gasteiger partial charge in [0.05, 0.1) is 5.56 Å². The summed E-state index contributed by atoms with van der Waals surface area (Å²) >= 11 is 0. The second-order valence-electron chi connectivity index (χ2n) is 11.7. The van der Waals surface area contributed by atoms with E-state index in [2.05, 4.69) is 127 Å². The average Bonchev–Trinajstić information content (AvgIpc) is 3.14. The van der Waals surface area contributed by atoms with Crippen molar-refractivity contribution in [2.24, 2.45) is 0 Å². The van der Waals surface area contributed by atoms with Crippen LogP contribution in [-0.2, 0) is 6.18 Å². The summed E-state index contributed by atoms with van der Waals surface area (Å²) in [6.07, 6.45) is -4.39. The zero-order valence-corrected chi connectivity index (χ0v) is 27.1. The van der Waals surface area contributed by atoms with E-state index in [0.29, 0.717) is 5.69 Å². The SMILES string of the molecule is FC(F)(F)c1ccc(N(c2ccccc2)c2ccc(-c3ccc([Si](c4ccccc4)(c4ccccc4)c4ccccc4)cc3)cc2)cc1. The Kier molecular flexibility index (Phi) is 8.53. The van der Waals surface area contributed by atoms with Gasteiger partial charge in [0.1, 0.15) is 0 Å². The highest BCUT2D eigenvalue weighted by molar-refractivity contribution is 7.19. The number of nitrogens with zero attached hydrogens (tertiary/aromatic N) is 1. The van der Waals surface area contributed by atoms with E-state index in [9.17, 15) is 13.2 Å². The highest BCUT2D eigenvalue weighted by Crippen LogP contribution is 2.37. The molecule has 0 aliphatic rings. The summed E-state index contributed by atoms with van der Waals surface area (Å²) in [5, 5.41) is 5.26. The Balaban J connectivity index is 1.27. The van der Waals surface area contributed by atoms with Gasteiger partial charge in [-0.1, -0.05) is 146 Å². The molecule has 0 spiro atoms. The van der Waals surface area contributed by atoms with Crippen molar-refractivity contribution in [1.82, 2.24) is 0 Å². The third kappa shape index (κ3) is 5.96. The zero-order valence-electron chi connectivity index (χ0n) is 26.1. The number of rotatable bonds is 8. The minimum Gasteiger partial charge on any atom is -0.311 e. The van der Waals surface area contributed by atoms with Gasteiger partial charge in [0.25, 0.3) is 0 Å². The average molecular weight is 648 g/mol. The Morgan fingerprint density at radius 1 is 0.333 bits per heavy atom. The van der Waals surface area contributed by atoms with E-state index in [1.165, 1.54) is 32.9 Å². The smallest absolute Gasteiger partial charge is 0.311 e. The van der Waals surface area contributed by atoms with Gasteiger partial charge in [-0.05, 0) is 80.4 Å². The van der Waals surface area contributed by atoms with E-state index in [1.807, 2.05) is 47.4 Å². The van der Waals surface area contributed by atoms with Gasteiger partial charge in [0.15, 0.2) is 8.07 Å². The molecule has 7 aromatic carbocycles. The van der Waals surface area contributed by atoms with Crippen LogP contribution in [0.15, 0.2) is 194 Å². The first-order valence-corrected chi connectivity index (χ1v) is 17.8. The topological polar surface area (TPSA) is 3.24 Å². The van der Waals surface area contributed by atoms with Gasteiger partial charge in [0, 0.05) is 17.1 Å². The lowest BCUT2D eigenvalue weighted by molar-refractivity contribution is -0.137. The van der Waals surface area contributed by atoms with Gasteiger partial charge in [-0.25, -0.2) is 0 Å². The largest absolute Gasteiger partial charge is 0.416 e. The number of alkyl halides is 3. The molecule has 0 unspecified atom stereocenters. The van der Waals surface area contributed by atoms with Gasteiger partial charge in [-0.15, -0.1) is 0 Å². The molecule has 0 amide bonds. The van der Waals surface area contributed by atoms with E-state index in [0.717, 1.165) is 34.6 Å². The van der Waals surface area contributed by atoms with Crippen molar-refractivity contribution < 1.29 is 13.2 Å². The molecule has 48 heavy (non-hydrogen) atoms. The molecule has 5 heteroatoms. The molecule has 0 saturated carbocycles. The van der Waals surface area contributed by atoms with Gasteiger partial charge >= 0.3 is 6.18 Å². The van der Waals surface area contributed by atoms with Crippen molar-refractivity contribution in [1.29, 1.82) is 0 Å². The summed E-state index contributed by atoms with van der Waals surface area (Å²) in [5.41, 5.74) is 3.83. The van der Waals surface area contributed by atoms with Gasteiger partial charge in [0.2, 0.25) is 0 Å². The predicted octanol–water partition coefficient (Wildman–Crippen LogP) is 9.22. The van der Waals surface area contributed by atoms with Crippen LogP contribution in [0.2, 0.25) is 0 Å². The summed E-state index contributed by atoms with van der Waals surface area (Å²) in [6, 6.07) is 64.6. The molecule has 0 aliphatic heterocycles. The Labute approximate surface area is 280 Å². The molecular formula is C43H32F3NSi. The van der Waals surface area contributed by atoms with Crippen molar-refractivity contribution in [3.63, 3.8) is 0 Å². The molecule has 0 aromatic heterocycles. The van der Waals surface area contributed by atoms with Crippen LogP contribution in [0.4, 0.5) is 30.2 Å². The molecule has 0 bridgehead atoms. The van der Waals surface area contributed by atoms with Gasteiger partial charge < -0.3 is 4.90 Å². The Bertz CT molecular complexity index is 1970. The molecular weight excluding hydrogens is 616 g/mol. The third-order valence-corrected chi connectivity index (χ3v) is 13.7. The predicted molar refractivity (Wildman–Crippen MR) is 195 cm³/mol. The van der Waals surface area contributed by atoms with Gasteiger partial charge in [-0.2, -0.15) is 13.2 Å². The van der Waals surface area contributed by atoms with Crippen LogP contribution in [0.1, 0.15) is 5.56 Å². The third-order valence-electron chi connectivity index (χ3n) is 8.86. The van der Waals surface area contributed by atoms with Crippen molar-refractivity contribution in [3.05, 3.63) is 200 Å². The van der Waals surface area contributed by atoms with Crippen LogP contribution in [0, 0.1) is 0 Å². The normalized spacial score (nSPS) is 11.6. The number of hydrogen-bond acceptors (Lipinski definition) is 1. The summed E-state index contributed by atoms with van der Waals surface area (Å²) in [4.78, 5) is 1.96. The summed E-state index contributed by atoms with van der Waals surface area (Å²) in [6.45, 7) is 0. The Morgan fingerprint density at radius 3 is 1.04 bits per heavy atom. The molecule has 0 N–H and O–H groups in total. The highest BCUT2D eigenvalue weighted by atomic mass is 28.3. The van der Waals surface area contributed by atoms with Crippen LogP contribution in [-0.4, -0.2) is 8.07 Å². The summed E-state index contributed by atoms with van der Waals surface area (Å²) in [5.74, 6) is 0. The van der Waals surface area contributed by atoms with E-state index in [1.54, 1.807) is 0 Å². The molecule has 234 valence electrons. The molecule has 0 radical (unpaired) electrons. The van der Waals surface area contributed by atoms with E-state index < -0.39 is 19.8 Å². The first-order chi connectivity index (χ1) is 23.4. The lowest BCUT2D eigenvalue weighted by Gasteiger charge is -2.34. The number of benzene rings is 7. The zero-order chi connectivity index (χ0) is 33.0. The van der Waals surface area contributed by atoms with Crippen molar-refractivity contribution >= 4 is 45.9 Å². The second-order valence-corrected chi connectivity index (χ2v) is 15.5. The number of hydrogen-bond donors (Lipinski definition) is 0. The molecule has 0 saturated heterocycles. The first-order valence-electron chi connectivity index (χ1n) is 15.8. The van der Waals surface area contributed by atoms with Gasteiger partial charge in [-0.3, -0.25) is 0 Å². The maximum Gasteiger partial charge on any atom is 0.416 e. The van der Waals surface area contributed by atoms with Crippen LogP contribution in [0.5, 0.6) is 0 Å². The minimum atomic E-state index is -4.39. The lowest BCUT2D eigenvalue weighted by Crippen LogP contribution is -2.74. The molecule has 0 atom stereocenters. The van der Waals surface area contributed by atoms with E-state index in [4.69, 9.17) is 0 Å². The first kappa shape index (κ1) is 31.0. The number of para-hydroxylation sites is 1. The second kappa shape index (κ2) is 13.2. The Hall–Kier alpha value is -5.65. The van der Waals surface area contributed by atoms with E-state index >= 15 is 0 Å². The van der Waals surface area contributed by atoms with Crippen molar-refractivity contribution in [2.75, 3.05) is 4.90 Å². The fourth-order valence-corrected chi connectivity index (χ4v) is 11.3. The number of halogens is 3. The van der Waals surface area contributed by atoms with Crippen LogP contribution < -0.4 is 25.6 Å². The van der Waals surface area contributed by atoms with Crippen LogP contribution in [0.25, 0.3) is 11.1 Å². The maximum atomic E-state index is 13.3. The van der Waals surface area contributed by atoms with Crippen molar-refractivity contribution in [2.45, 2.75) is 6.18 Å². The van der Waals surface area contributed by atoms with Crippen LogP contribution >= 0.6 is 0 Å². The minimum absolute atomic E-state index is 0.648. The summed E-state index contributed by atoms with van der Waals surface area (Å²) in [7, 11) is -2.62. The molecule has 7 aromatic rings. The molecule has 0 heterocycles. The van der Waals surface area contributed by atoms with Crippen LogP contribution in [0.3, 0.4) is 0 Å². The number of anilines is 3. The molecule has 7 rings (SSSR count). The molecule has 0 aliphatic carbocycles. The van der Waals surface area contributed by atoms with E-state index in [-0.39, 0.29) is 0 Å².